The summed E-state index contributed by atoms with van der Waals surface area (Å²) in [6, 6.07) is 13.2. The van der Waals surface area contributed by atoms with Gasteiger partial charge in [0.1, 0.15) is 5.82 Å². The molecule has 1 aliphatic heterocycles. The van der Waals surface area contributed by atoms with Crippen molar-refractivity contribution in [1.29, 1.82) is 0 Å². The van der Waals surface area contributed by atoms with Crippen LogP contribution in [0.5, 0.6) is 5.75 Å². The highest BCUT2D eigenvalue weighted by molar-refractivity contribution is 5.81. The first-order chi connectivity index (χ1) is 15.8. The number of ether oxygens (including phenoxy) is 1. The average molecular weight is 453 g/mol. The number of halogens is 2. The topological polar surface area (TPSA) is 58.6 Å². The van der Waals surface area contributed by atoms with Crippen molar-refractivity contribution in [3.63, 3.8) is 0 Å². The molecule has 1 amide bonds. The number of hydrogen-bond acceptors (Lipinski definition) is 5. The van der Waals surface area contributed by atoms with Gasteiger partial charge in [0, 0.05) is 37.8 Å². The number of anilines is 1. The number of aryl methyl sites for hydroxylation is 2. The van der Waals surface area contributed by atoms with Crippen molar-refractivity contribution in [2.24, 2.45) is 0 Å². The summed E-state index contributed by atoms with van der Waals surface area (Å²) >= 11 is 0. The molecule has 1 unspecified atom stereocenters. The number of benzene rings is 2. The normalized spacial score (nSPS) is 14.8. The molecule has 172 valence electrons. The van der Waals surface area contributed by atoms with Gasteiger partial charge in [0.05, 0.1) is 5.69 Å². The summed E-state index contributed by atoms with van der Waals surface area (Å²) in [5, 5.41) is 8.80. The summed E-state index contributed by atoms with van der Waals surface area (Å²) in [5.41, 5.74) is 4.24. The minimum atomic E-state index is -0.881. The number of rotatable bonds is 5. The van der Waals surface area contributed by atoms with E-state index in [1.807, 2.05) is 12.1 Å². The SMILES string of the molecule is Cc1ccc(-c2ccc(N3CCN(C(=O)C(C)Oc4ccc(F)cc4F)CC3)nn2)c(C)c1. The van der Waals surface area contributed by atoms with E-state index in [0.29, 0.717) is 26.2 Å². The molecular weight excluding hydrogens is 426 g/mol. The van der Waals surface area contributed by atoms with E-state index in [9.17, 15) is 13.6 Å². The van der Waals surface area contributed by atoms with Gasteiger partial charge in [0.2, 0.25) is 0 Å². The minimum Gasteiger partial charge on any atom is -0.478 e. The van der Waals surface area contributed by atoms with Crippen LogP contribution in [0, 0.1) is 25.5 Å². The fourth-order valence-corrected chi connectivity index (χ4v) is 3.96. The monoisotopic (exact) mass is 452 g/mol. The third kappa shape index (κ3) is 5.10. The second-order valence-corrected chi connectivity index (χ2v) is 8.24. The zero-order chi connectivity index (χ0) is 23.5. The molecule has 0 radical (unpaired) electrons. The molecule has 0 spiro atoms. The van der Waals surface area contributed by atoms with Crippen molar-refractivity contribution in [2.75, 3.05) is 31.1 Å². The van der Waals surface area contributed by atoms with Crippen molar-refractivity contribution < 1.29 is 18.3 Å². The van der Waals surface area contributed by atoms with E-state index in [-0.39, 0.29) is 11.7 Å². The van der Waals surface area contributed by atoms with Crippen LogP contribution in [0.15, 0.2) is 48.5 Å². The number of piperazine rings is 1. The standard InChI is InChI=1S/C25H26F2N4O2/c1-16-4-6-20(17(2)14-16)22-7-9-24(29-28-22)30-10-12-31(13-11-30)25(32)18(3)33-23-8-5-19(26)15-21(23)27/h4-9,14-15,18H,10-13H2,1-3H3. The molecular formula is C25H26F2N4O2. The number of nitrogens with zero attached hydrogens (tertiary/aromatic N) is 4. The van der Waals surface area contributed by atoms with Crippen LogP contribution in [-0.2, 0) is 4.79 Å². The summed E-state index contributed by atoms with van der Waals surface area (Å²) in [7, 11) is 0. The summed E-state index contributed by atoms with van der Waals surface area (Å²) in [6.45, 7) is 7.85. The lowest BCUT2D eigenvalue weighted by Crippen LogP contribution is -2.52. The second kappa shape index (κ2) is 9.52. The van der Waals surface area contributed by atoms with Gasteiger partial charge in [-0.15, -0.1) is 10.2 Å². The zero-order valence-electron chi connectivity index (χ0n) is 18.9. The average Bonchev–Trinajstić information content (AvgIpc) is 2.81. The summed E-state index contributed by atoms with van der Waals surface area (Å²) in [4.78, 5) is 16.5. The van der Waals surface area contributed by atoms with Crippen molar-refractivity contribution >= 4 is 11.7 Å². The third-order valence-corrected chi connectivity index (χ3v) is 5.77. The first kappa shape index (κ1) is 22.6. The highest BCUT2D eigenvalue weighted by atomic mass is 19.1. The number of carbonyl (C=O) groups excluding carboxylic acids is 1. The van der Waals surface area contributed by atoms with E-state index >= 15 is 0 Å². The number of aromatic nitrogens is 2. The highest BCUT2D eigenvalue weighted by Crippen LogP contribution is 2.24. The molecule has 0 bridgehead atoms. The van der Waals surface area contributed by atoms with Crippen molar-refractivity contribution in [3.05, 3.63) is 71.3 Å². The van der Waals surface area contributed by atoms with Gasteiger partial charge in [-0.3, -0.25) is 4.79 Å². The molecule has 1 atom stereocenters. The molecule has 2 aromatic carbocycles. The Labute approximate surface area is 191 Å². The molecule has 33 heavy (non-hydrogen) atoms. The predicted octanol–water partition coefficient (Wildman–Crippen LogP) is 4.15. The molecule has 1 saturated heterocycles. The van der Waals surface area contributed by atoms with Crippen LogP contribution in [-0.4, -0.2) is 53.3 Å². The van der Waals surface area contributed by atoms with E-state index in [4.69, 9.17) is 4.74 Å². The van der Waals surface area contributed by atoms with Crippen LogP contribution in [0.3, 0.4) is 0 Å². The molecule has 1 aromatic heterocycles. The van der Waals surface area contributed by atoms with Gasteiger partial charge in [-0.2, -0.15) is 0 Å². The van der Waals surface area contributed by atoms with Gasteiger partial charge in [-0.25, -0.2) is 8.78 Å². The maximum atomic E-state index is 13.8. The smallest absolute Gasteiger partial charge is 0.263 e. The predicted molar refractivity (Wildman–Crippen MR) is 122 cm³/mol. The number of amides is 1. The molecule has 0 saturated carbocycles. The van der Waals surface area contributed by atoms with E-state index in [1.54, 1.807) is 11.8 Å². The molecule has 1 fully saturated rings. The maximum Gasteiger partial charge on any atom is 0.263 e. The first-order valence-electron chi connectivity index (χ1n) is 10.9. The molecule has 2 heterocycles. The van der Waals surface area contributed by atoms with Crippen LogP contribution in [0.25, 0.3) is 11.3 Å². The Kier molecular flexibility index (Phi) is 6.53. The number of hydrogen-bond donors (Lipinski definition) is 0. The fraction of sp³-hybridized carbons (Fsp3) is 0.320. The van der Waals surface area contributed by atoms with Crippen LogP contribution in [0.4, 0.5) is 14.6 Å². The van der Waals surface area contributed by atoms with Gasteiger partial charge in [-0.05, 0) is 50.6 Å². The lowest BCUT2D eigenvalue weighted by Gasteiger charge is -2.36. The Morgan fingerprint density at radius 3 is 2.36 bits per heavy atom. The zero-order valence-corrected chi connectivity index (χ0v) is 18.9. The van der Waals surface area contributed by atoms with Crippen LogP contribution < -0.4 is 9.64 Å². The van der Waals surface area contributed by atoms with Crippen molar-refractivity contribution in [3.8, 4) is 17.0 Å². The Morgan fingerprint density at radius 2 is 1.73 bits per heavy atom. The first-order valence-corrected chi connectivity index (χ1v) is 10.9. The molecule has 1 aliphatic rings. The minimum absolute atomic E-state index is 0.143. The lowest BCUT2D eigenvalue weighted by atomic mass is 10.0. The van der Waals surface area contributed by atoms with Gasteiger partial charge < -0.3 is 14.5 Å². The van der Waals surface area contributed by atoms with Crippen LogP contribution in [0.2, 0.25) is 0 Å². The van der Waals surface area contributed by atoms with Gasteiger partial charge in [-0.1, -0.05) is 23.8 Å². The lowest BCUT2D eigenvalue weighted by molar-refractivity contribution is -0.138. The maximum absolute atomic E-state index is 13.8. The number of carbonyl (C=O) groups is 1. The van der Waals surface area contributed by atoms with Crippen LogP contribution in [0.1, 0.15) is 18.1 Å². The second-order valence-electron chi connectivity index (χ2n) is 8.24. The summed E-state index contributed by atoms with van der Waals surface area (Å²) < 4.78 is 32.3. The largest absolute Gasteiger partial charge is 0.478 e. The highest BCUT2D eigenvalue weighted by Gasteiger charge is 2.27. The van der Waals surface area contributed by atoms with E-state index < -0.39 is 17.7 Å². The summed E-state index contributed by atoms with van der Waals surface area (Å²) in [6.07, 6.45) is -0.881. The Hall–Kier alpha value is -3.55. The van der Waals surface area contributed by atoms with Crippen molar-refractivity contribution in [1.82, 2.24) is 15.1 Å². The van der Waals surface area contributed by atoms with Gasteiger partial charge in [0.15, 0.2) is 23.5 Å². The van der Waals surface area contributed by atoms with Crippen LogP contribution >= 0.6 is 0 Å². The van der Waals surface area contributed by atoms with Gasteiger partial charge in [0.25, 0.3) is 5.91 Å². The molecule has 0 N–H and O–H groups in total. The van der Waals surface area contributed by atoms with E-state index in [0.717, 1.165) is 34.8 Å². The van der Waals surface area contributed by atoms with E-state index in [2.05, 4.69) is 47.1 Å². The molecule has 4 rings (SSSR count). The molecule has 6 nitrogen and oxygen atoms in total. The fourth-order valence-electron chi connectivity index (χ4n) is 3.96. The Balaban J connectivity index is 1.34. The summed E-state index contributed by atoms with van der Waals surface area (Å²) in [5.74, 6) is -1.15. The molecule has 8 heteroatoms. The third-order valence-electron chi connectivity index (χ3n) is 5.77. The Morgan fingerprint density at radius 1 is 0.970 bits per heavy atom. The Bertz CT molecular complexity index is 1150. The molecule has 0 aliphatic carbocycles. The van der Waals surface area contributed by atoms with Gasteiger partial charge >= 0.3 is 0 Å². The quantitative estimate of drug-likeness (QED) is 0.582. The van der Waals surface area contributed by atoms with Crippen molar-refractivity contribution in [2.45, 2.75) is 26.9 Å². The van der Waals surface area contributed by atoms with E-state index in [1.165, 1.54) is 11.6 Å². The molecule has 3 aromatic rings.